The van der Waals surface area contributed by atoms with Crippen LogP contribution in [0.1, 0.15) is 50.1 Å². The van der Waals surface area contributed by atoms with Crippen molar-refractivity contribution >= 4 is 22.7 Å². The number of nitrogens with zero attached hydrogens (tertiary/aromatic N) is 1. The maximum Gasteiger partial charge on any atom is 0.132 e. The number of anilines is 1. The van der Waals surface area contributed by atoms with Crippen LogP contribution < -0.4 is 10.1 Å². The van der Waals surface area contributed by atoms with E-state index in [0.29, 0.717) is 0 Å². The fourth-order valence-corrected chi connectivity index (χ4v) is 10.3. The fraction of sp³-hybridized carbons (Fsp3) is 0.0600. The van der Waals surface area contributed by atoms with Crippen molar-refractivity contribution in [1.29, 1.82) is 0 Å². The number of pyridine rings is 1. The number of rotatable bonds is 1. The zero-order valence-electron chi connectivity index (χ0n) is 28.8. The molecule has 3 nitrogen and oxygen atoms in total. The highest BCUT2D eigenvalue weighted by atomic mass is 16.5. The molecule has 4 aliphatic rings. The molecule has 2 spiro atoms. The van der Waals surface area contributed by atoms with Crippen molar-refractivity contribution in [2.24, 2.45) is 0 Å². The molecular formula is C50H32N2O. The van der Waals surface area contributed by atoms with Crippen LogP contribution >= 0.6 is 0 Å². The number of aromatic nitrogens is 1. The van der Waals surface area contributed by atoms with Crippen LogP contribution in [0.5, 0.6) is 11.5 Å². The summed E-state index contributed by atoms with van der Waals surface area (Å²) in [7, 11) is 0. The largest absolute Gasteiger partial charge is 0.457 e. The van der Waals surface area contributed by atoms with Gasteiger partial charge in [-0.05, 0) is 68.3 Å². The third-order valence-electron chi connectivity index (χ3n) is 12.2. The second kappa shape index (κ2) is 10.4. The van der Waals surface area contributed by atoms with Crippen molar-refractivity contribution in [1.82, 2.24) is 4.98 Å². The lowest BCUT2D eigenvalue weighted by Crippen LogP contribution is -2.45. The number of para-hydroxylation sites is 2. The van der Waals surface area contributed by atoms with Crippen molar-refractivity contribution in [3.8, 4) is 33.9 Å². The van der Waals surface area contributed by atoms with Gasteiger partial charge in [-0.15, -0.1) is 0 Å². The molecule has 0 bridgehead atoms. The minimum Gasteiger partial charge on any atom is -0.457 e. The number of hydrogen-bond donors (Lipinski definition) is 1. The van der Waals surface area contributed by atoms with E-state index in [-0.39, 0.29) is 0 Å². The summed E-state index contributed by atoms with van der Waals surface area (Å²) in [4.78, 5) is 5.44. The normalized spacial score (nSPS) is 15.6. The zero-order chi connectivity index (χ0) is 34.7. The van der Waals surface area contributed by atoms with E-state index in [0.717, 1.165) is 45.9 Å². The molecule has 248 valence electrons. The monoisotopic (exact) mass is 676 g/mol. The van der Waals surface area contributed by atoms with Gasteiger partial charge in [0.15, 0.2) is 0 Å². The maximum atomic E-state index is 6.68. The number of hydrogen-bond acceptors (Lipinski definition) is 3. The Morgan fingerprint density at radius 3 is 1.68 bits per heavy atom. The van der Waals surface area contributed by atoms with Gasteiger partial charge in [0.1, 0.15) is 11.5 Å². The fourth-order valence-electron chi connectivity index (χ4n) is 10.3. The van der Waals surface area contributed by atoms with E-state index < -0.39 is 10.8 Å². The lowest BCUT2D eigenvalue weighted by Gasteiger charge is -2.51. The van der Waals surface area contributed by atoms with Crippen molar-refractivity contribution in [2.75, 3.05) is 11.9 Å². The van der Waals surface area contributed by atoms with Crippen LogP contribution in [0.15, 0.2) is 170 Å². The Kier molecular flexibility index (Phi) is 5.69. The number of fused-ring (bicyclic) bond motifs is 18. The Labute approximate surface area is 307 Å². The molecule has 0 saturated carbocycles. The lowest BCUT2D eigenvalue weighted by atomic mass is 9.51. The first-order valence-corrected chi connectivity index (χ1v) is 18.4. The van der Waals surface area contributed by atoms with E-state index in [1.54, 1.807) is 0 Å². The number of benzene rings is 7. The molecule has 8 aromatic rings. The molecule has 0 radical (unpaired) electrons. The van der Waals surface area contributed by atoms with E-state index in [4.69, 9.17) is 9.72 Å². The summed E-state index contributed by atoms with van der Waals surface area (Å²) in [6.45, 7) is 0.802. The van der Waals surface area contributed by atoms with Crippen molar-refractivity contribution < 1.29 is 4.74 Å². The standard InChI is InChI=1S/C50H32N2O/c1-2-16-35-33(14-1)46-34(43-29-28-32-27-26-31-13-12-30-51-47(31)48(32)52-43)15-11-23-42(46)49(35)36-17-3-5-19-38(36)50(39-20-6-4-18-37(39)49)40-21-7-9-24-44(40)53-45-25-10-8-22-41(45)50/h1-29,51H,30H2. The highest BCUT2D eigenvalue weighted by Gasteiger charge is 2.58. The Bertz CT molecular complexity index is 2810. The molecule has 2 aliphatic carbocycles. The first kappa shape index (κ1) is 28.9. The van der Waals surface area contributed by atoms with Gasteiger partial charge in [0, 0.05) is 28.6 Å². The van der Waals surface area contributed by atoms with Gasteiger partial charge in [-0.25, -0.2) is 4.98 Å². The Hall–Kier alpha value is -6.71. The van der Waals surface area contributed by atoms with Gasteiger partial charge in [0.05, 0.1) is 27.7 Å². The third kappa shape index (κ3) is 3.52. The van der Waals surface area contributed by atoms with Crippen LogP contribution in [0.2, 0.25) is 0 Å². The average molecular weight is 677 g/mol. The molecule has 3 heteroatoms. The van der Waals surface area contributed by atoms with Crippen molar-refractivity contribution in [3.05, 3.63) is 220 Å². The van der Waals surface area contributed by atoms with E-state index in [1.807, 2.05) is 0 Å². The summed E-state index contributed by atoms with van der Waals surface area (Å²) in [5.41, 5.74) is 16.9. The van der Waals surface area contributed by atoms with Crippen LogP contribution in [0.25, 0.3) is 39.4 Å². The van der Waals surface area contributed by atoms with Crippen LogP contribution in [0, 0.1) is 0 Å². The van der Waals surface area contributed by atoms with Gasteiger partial charge in [-0.2, -0.15) is 0 Å². The molecule has 0 saturated heterocycles. The van der Waals surface area contributed by atoms with Gasteiger partial charge in [0.25, 0.3) is 0 Å². The topological polar surface area (TPSA) is 34.1 Å². The first-order valence-electron chi connectivity index (χ1n) is 18.4. The molecule has 0 unspecified atom stereocenters. The van der Waals surface area contributed by atoms with Crippen LogP contribution in [-0.4, -0.2) is 11.5 Å². The molecule has 1 N–H and O–H groups in total. The molecule has 53 heavy (non-hydrogen) atoms. The highest BCUT2D eigenvalue weighted by molar-refractivity contribution is 6.00. The second-order valence-corrected chi connectivity index (χ2v) is 14.5. The molecule has 0 amide bonds. The van der Waals surface area contributed by atoms with Gasteiger partial charge in [0.2, 0.25) is 0 Å². The SMILES string of the molecule is C1=Cc2ccc3ccc(-c4cccc5c4-c4ccccc4C54c5ccccc5C5(c6ccccc6Oc6ccccc65)c5ccccc54)nc3c2NC1. The number of ether oxygens (including phenoxy) is 1. The second-order valence-electron chi connectivity index (χ2n) is 14.5. The molecule has 1 aromatic heterocycles. The molecule has 0 fully saturated rings. The first-order chi connectivity index (χ1) is 26.3. The minimum absolute atomic E-state index is 0.565. The minimum atomic E-state index is -0.584. The maximum absolute atomic E-state index is 6.68. The van der Waals surface area contributed by atoms with Crippen LogP contribution in [-0.2, 0) is 10.8 Å². The predicted octanol–water partition coefficient (Wildman–Crippen LogP) is 11.5. The van der Waals surface area contributed by atoms with Crippen molar-refractivity contribution in [3.63, 3.8) is 0 Å². The zero-order valence-corrected chi connectivity index (χ0v) is 28.8. The Morgan fingerprint density at radius 2 is 1.00 bits per heavy atom. The van der Waals surface area contributed by atoms with Crippen molar-refractivity contribution in [2.45, 2.75) is 10.8 Å². The summed E-state index contributed by atoms with van der Waals surface area (Å²) < 4.78 is 6.68. The van der Waals surface area contributed by atoms with E-state index >= 15 is 0 Å². The molecule has 7 aromatic carbocycles. The third-order valence-corrected chi connectivity index (χ3v) is 12.2. The van der Waals surface area contributed by atoms with Gasteiger partial charge < -0.3 is 10.1 Å². The number of nitrogens with one attached hydrogen (secondary N) is 1. The summed E-state index contributed by atoms with van der Waals surface area (Å²) >= 11 is 0. The van der Waals surface area contributed by atoms with Crippen LogP contribution in [0.4, 0.5) is 5.69 Å². The van der Waals surface area contributed by atoms with Crippen LogP contribution in [0.3, 0.4) is 0 Å². The van der Waals surface area contributed by atoms with E-state index in [2.05, 4.69) is 181 Å². The highest BCUT2D eigenvalue weighted by Crippen LogP contribution is 2.67. The molecule has 12 rings (SSSR count). The summed E-state index contributed by atoms with van der Waals surface area (Å²) in [5, 5.41) is 4.74. The molecule has 0 atom stereocenters. The van der Waals surface area contributed by atoms with E-state index in [1.165, 1.54) is 61.2 Å². The molecular weight excluding hydrogens is 645 g/mol. The van der Waals surface area contributed by atoms with E-state index in [9.17, 15) is 0 Å². The Morgan fingerprint density at radius 1 is 0.472 bits per heavy atom. The average Bonchev–Trinajstić information content (AvgIpc) is 3.53. The molecule has 2 aliphatic heterocycles. The quantitative estimate of drug-likeness (QED) is 0.188. The van der Waals surface area contributed by atoms with Gasteiger partial charge in [-0.1, -0.05) is 158 Å². The van der Waals surface area contributed by atoms with Gasteiger partial charge in [-0.3, -0.25) is 0 Å². The lowest BCUT2D eigenvalue weighted by molar-refractivity contribution is 0.429. The predicted molar refractivity (Wildman–Crippen MR) is 214 cm³/mol. The summed E-state index contributed by atoms with van der Waals surface area (Å²) in [5.74, 6) is 1.80. The summed E-state index contributed by atoms with van der Waals surface area (Å²) in [6.07, 6.45) is 4.36. The molecule has 3 heterocycles. The summed E-state index contributed by atoms with van der Waals surface area (Å²) in [6, 6.07) is 60.3. The Balaban J connectivity index is 1.20. The smallest absolute Gasteiger partial charge is 0.132 e. The van der Waals surface area contributed by atoms with Gasteiger partial charge >= 0.3 is 0 Å².